The highest BCUT2D eigenvalue weighted by atomic mass is 16.5. The van der Waals surface area contributed by atoms with Gasteiger partial charge in [-0.3, -0.25) is 9.78 Å². The van der Waals surface area contributed by atoms with E-state index in [1.807, 2.05) is 43.0 Å². The lowest BCUT2D eigenvalue weighted by atomic mass is 10.1. The van der Waals surface area contributed by atoms with Gasteiger partial charge in [0.1, 0.15) is 0 Å². The van der Waals surface area contributed by atoms with Crippen molar-refractivity contribution in [3.8, 4) is 11.5 Å². The Morgan fingerprint density at radius 2 is 1.76 bits per heavy atom. The zero-order valence-electron chi connectivity index (χ0n) is 14.8. The van der Waals surface area contributed by atoms with E-state index in [-0.39, 0.29) is 5.91 Å². The van der Waals surface area contributed by atoms with Crippen LogP contribution in [0.5, 0.6) is 11.5 Å². The van der Waals surface area contributed by atoms with Crippen LogP contribution in [0.3, 0.4) is 0 Å². The van der Waals surface area contributed by atoms with E-state index in [9.17, 15) is 4.79 Å². The van der Waals surface area contributed by atoms with Gasteiger partial charge in [0.15, 0.2) is 11.5 Å². The van der Waals surface area contributed by atoms with Gasteiger partial charge in [0.25, 0.3) is 5.91 Å². The first-order chi connectivity index (χ1) is 12.2. The van der Waals surface area contributed by atoms with Gasteiger partial charge in [0, 0.05) is 30.5 Å². The number of nitrogens with zero attached hydrogens (tertiary/aromatic N) is 2. The smallest absolute Gasteiger partial charge is 0.254 e. The van der Waals surface area contributed by atoms with Crippen molar-refractivity contribution in [2.45, 2.75) is 39.3 Å². The van der Waals surface area contributed by atoms with Gasteiger partial charge in [0.05, 0.1) is 13.2 Å². The molecule has 5 heteroatoms. The fourth-order valence-electron chi connectivity index (χ4n) is 2.79. The van der Waals surface area contributed by atoms with Crippen molar-refractivity contribution in [3.05, 3.63) is 53.9 Å². The summed E-state index contributed by atoms with van der Waals surface area (Å²) in [6.07, 6.45) is 5.64. The molecule has 5 nitrogen and oxygen atoms in total. The Morgan fingerprint density at radius 3 is 2.40 bits per heavy atom. The standard InChI is InChI=1S/C20H24N2O3/c1-3-24-18-8-5-16(13-19(18)25-4-2)20(23)22(17-6-7-17)14-15-9-11-21-12-10-15/h5,8-13,17H,3-4,6-7,14H2,1-2H3. The van der Waals surface area contributed by atoms with E-state index in [0.717, 1.165) is 18.4 Å². The van der Waals surface area contributed by atoms with Crippen molar-refractivity contribution < 1.29 is 14.3 Å². The third-order valence-corrected chi connectivity index (χ3v) is 4.14. The zero-order chi connectivity index (χ0) is 17.6. The normalized spacial score (nSPS) is 13.4. The summed E-state index contributed by atoms with van der Waals surface area (Å²) in [5.74, 6) is 1.33. The second-order valence-electron chi connectivity index (χ2n) is 6.05. The monoisotopic (exact) mass is 340 g/mol. The van der Waals surface area contributed by atoms with Gasteiger partial charge >= 0.3 is 0 Å². The molecule has 1 heterocycles. The Kier molecular flexibility index (Phi) is 5.53. The van der Waals surface area contributed by atoms with Crippen LogP contribution in [0, 0.1) is 0 Å². The Hall–Kier alpha value is -2.56. The number of benzene rings is 1. The highest BCUT2D eigenvalue weighted by Crippen LogP contribution is 2.33. The zero-order valence-corrected chi connectivity index (χ0v) is 14.8. The van der Waals surface area contributed by atoms with Gasteiger partial charge in [0.2, 0.25) is 0 Å². The van der Waals surface area contributed by atoms with Gasteiger partial charge in [-0.2, -0.15) is 0 Å². The molecule has 0 spiro atoms. The molecular formula is C20H24N2O3. The van der Waals surface area contributed by atoms with Crippen LogP contribution in [0.1, 0.15) is 42.6 Å². The number of carbonyl (C=O) groups is 1. The Labute approximate surface area is 148 Å². The van der Waals surface area contributed by atoms with Crippen molar-refractivity contribution >= 4 is 5.91 Å². The van der Waals surface area contributed by atoms with Crippen LogP contribution < -0.4 is 9.47 Å². The highest BCUT2D eigenvalue weighted by molar-refractivity contribution is 5.95. The van der Waals surface area contributed by atoms with Crippen LogP contribution in [0.2, 0.25) is 0 Å². The number of carbonyl (C=O) groups excluding carboxylic acids is 1. The molecule has 1 fully saturated rings. The molecule has 1 aliphatic carbocycles. The fraction of sp³-hybridized carbons (Fsp3) is 0.400. The second-order valence-corrected chi connectivity index (χ2v) is 6.05. The molecule has 0 N–H and O–H groups in total. The molecule has 132 valence electrons. The van der Waals surface area contributed by atoms with Gasteiger partial charge in [-0.25, -0.2) is 0 Å². The minimum absolute atomic E-state index is 0.0308. The van der Waals surface area contributed by atoms with Crippen LogP contribution in [0.15, 0.2) is 42.7 Å². The first-order valence-corrected chi connectivity index (χ1v) is 8.82. The molecule has 3 rings (SSSR count). The number of rotatable bonds is 8. The number of amides is 1. The van der Waals surface area contributed by atoms with E-state index >= 15 is 0 Å². The van der Waals surface area contributed by atoms with E-state index in [0.29, 0.717) is 42.9 Å². The lowest BCUT2D eigenvalue weighted by molar-refractivity contribution is 0.0729. The summed E-state index contributed by atoms with van der Waals surface area (Å²) in [4.78, 5) is 19.1. The van der Waals surface area contributed by atoms with Crippen LogP contribution in [0.4, 0.5) is 0 Å². The SMILES string of the molecule is CCOc1ccc(C(=O)N(Cc2ccncc2)C2CC2)cc1OCC. The Balaban J connectivity index is 1.83. The molecule has 25 heavy (non-hydrogen) atoms. The number of hydrogen-bond donors (Lipinski definition) is 0. The summed E-state index contributed by atoms with van der Waals surface area (Å²) in [6.45, 7) is 5.54. The molecule has 0 bridgehead atoms. The van der Waals surface area contributed by atoms with Gasteiger partial charge in [-0.15, -0.1) is 0 Å². The van der Waals surface area contributed by atoms with Crippen molar-refractivity contribution in [2.75, 3.05) is 13.2 Å². The molecule has 1 aliphatic rings. The van der Waals surface area contributed by atoms with E-state index in [1.165, 1.54) is 0 Å². The maximum absolute atomic E-state index is 13.1. The topological polar surface area (TPSA) is 51.7 Å². The van der Waals surface area contributed by atoms with Gasteiger partial charge < -0.3 is 14.4 Å². The molecule has 1 saturated carbocycles. The quantitative estimate of drug-likeness (QED) is 0.735. The number of pyridine rings is 1. The van der Waals surface area contributed by atoms with E-state index < -0.39 is 0 Å². The number of ether oxygens (including phenoxy) is 2. The molecule has 0 saturated heterocycles. The Bertz CT molecular complexity index is 714. The van der Waals surface area contributed by atoms with Crippen LogP contribution >= 0.6 is 0 Å². The van der Waals surface area contributed by atoms with Gasteiger partial charge in [-0.05, 0) is 62.6 Å². The minimum atomic E-state index is 0.0308. The van der Waals surface area contributed by atoms with Crippen molar-refractivity contribution in [3.63, 3.8) is 0 Å². The molecule has 1 aromatic carbocycles. The van der Waals surface area contributed by atoms with E-state index in [4.69, 9.17) is 9.47 Å². The average molecular weight is 340 g/mol. The fourth-order valence-corrected chi connectivity index (χ4v) is 2.79. The summed E-state index contributed by atoms with van der Waals surface area (Å²) in [6, 6.07) is 9.65. The molecule has 1 aromatic heterocycles. The van der Waals surface area contributed by atoms with Crippen molar-refractivity contribution in [1.29, 1.82) is 0 Å². The second kappa shape index (κ2) is 8.01. The molecule has 0 atom stereocenters. The lowest BCUT2D eigenvalue weighted by Gasteiger charge is -2.23. The minimum Gasteiger partial charge on any atom is -0.490 e. The van der Waals surface area contributed by atoms with Crippen molar-refractivity contribution in [2.24, 2.45) is 0 Å². The molecule has 0 radical (unpaired) electrons. The third-order valence-electron chi connectivity index (χ3n) is 4.14. The summed E-state index contributed by atoms with van der Waals surface area (Å²) in [5.41, 5.74) is 1.72. The molecule has 1 amide bonds. The molecule has 2 aromatic rings. The Morgan fingerprint density at radius 1 is 1.08 bits per heavy atom. The summed E-state index contributed by atoms with van der Waals surface area (Å²) >= 11 is 0. The molecule has 0 aliphatic heterocycles. The van der Waals surface area contributed by atoms with E-state index in [1.54, 1.807) is 18.5 Å². The van der Waals surface area contributed by atoms with Gasteiger partial charge in [-0.1, -0.05) is 0 Å². The summed E-state index contributed by atoms with van der Waals surface area (Å²) in [7, 11) is 0. The highest BCUT2D eigenvalue weighted by Gasteiger charge is 2.33. The maximum atomic E-state index is 13.1. The predicted octanol–water partition coefficient (Wildman–Crippen LogP) is 3.68. The van der Waals surface area contributed by atoms with Crippen LogP contribution in [0.25, 0.3) is 0 Å². The lowest BCUT2D eigenvalue weighted by Crippen LogP contribution is -2.32. The van der Waals surface area contributed by atoms with Crippen LogP contribution in [-0.4, -0.2) is 35.0 Å². The first kappa shape index (κ1) is 17.3. The predicted molar refractivity (Wildman–Crippen MR) is 95.9 cm³/mol. The van der Waals surface area contributed by atoms with Crippen molar-refractivity contribution in [1.82, 2.24) is 9.88 Å². The molecule has 0 unspecified atom stereocenters. The summed E-state index contributed by atoms with van der Waals surface area (Å²) in [5, 5.41) is 0. The third kappa shape index (κ3) is 4.29. The van der Waals surface area contributed by atoms with E-state index in [2.05, 4.69) is 4.98 Å². The first-order valence-electron chi connectivity index (χ1n) is 8.82. The number of aromatic nitrogens is 1. The maximum Gasteiger partial charge on any atom is 0.254 e. The largest absolute Gasteiger partial charge is 0.490 e. The summed E-state index contributed by atoms with van der Waals surface area (Å²) < 4.78 is 11.2. The molecular weight excluding hydrogens is 316 g/mol. The van der Waals surface area contributed by atoms with Crippen LogP contribution in [-0.2, 0) is 6.54 Å². The average Bonchev–Trinajstić information content (AvgIpc) is 3.47. The number of hydrogen-bond acceptors (Lipinski definition) is 4.